The van der Waals surface area contributed by atoms with Crippen LogP contribution in [0.25, 0.3) is 0 Å². The Labute approximate surface area is 103 Å². The fourth-order valence-electron chi connectivity index (χ4n) is 2.40. The van der Waals surface area contributed by atoms with Crippen molar-refractivity contribution in [1.29, 1.82) is 0 Å². The quantitative estimate of drug-likeness (QED) is 0.788. The van der Waals surface area contributed by atoms with Crippen molar-refractivity contribution in [2.24, 2.45) is 5.92 Å². The highest BCUT2D eigenvalue weighted by molar-refractivity contribution is 8.00. The van der Waals surface area contributed by atoms with Crippen LogP contribution >= 0.6 is 11.8 Å². The average molecular weight is 235 g/mol. The van der Waals surface area contributed by atoms with Gasteiger partial charge in [0.15, 0.2) is 0 Å². The van der Waals surface area contributed by atoms with E-state index in [1.165, 1.54) is 30.0 Å². The molecule has 1 aromatic carbocycles. The van der Waals surface area contributed by atoms with Crippen LogP contribution in [0, 0.1) is 5.92 Å². The van der Waals surface area contributed by atoms with E-state index in [-0.39, 0.29) is 0 Å². The monoisotopic (exact) mass is 235 g/mol. The maximum Gasteiger partial charge on any atom is 0.0263 e. The Morgan fingerprint density at radius 3 is 2.81 bits per heavy atom. The molecule has 1 aromatic rings. The van der Waals surface area contributed by atoms with Crippen molar-refractivity contribution in [1.82, 2.24) is 4.90 Å². The molecular weight excluding hydrogens is 214 g/mol. The Morgan fingerprint density at radius 1 is 1.38 bits per heavy atom. The summed E-state index contributed by atoms with van der Waals surface area (Å²) < 4.78 is 0. The minimum absolute atomic E-state index is 0.751. The highest BCUT2D eigenvalue weighted by Gasteiger charge is 2.22. The van der Waals surface area contributed by atoms with Gasteiger partial charge >= 0.3 is 0 Å². The van der Waals surface area contributed by atoms with E-state index in [9.17, 15) is 0 Å². The lowest BCUT2D eigenvalue weighted by Gasteiger charge is -2.21. The third-order valence-electron chi connectivity index (χ3n) is 2.91. The van der Waals surface area contributed by atoms with Crippen LogP contribution in [0.2, 0.25) is 0 Å². The van der Waals surface area contributed by atoms with Gasteiger partial charge in [-0.1, -0.05) is 32.0 Å². The number of nitrogens with zero attached hydrogens (tertiary/aromatic N) is 1. The Balaban J connectivity index is 1.87. The lowest BCUT2D eigenvalue weighted by atomic mass is 10.1. The molecule has 1 heterocycles. The lowest BCUT2D eigenvalue weighted by Crippen LogP contribution is -2.30. The highest BCUT2D eigenvalue weighted by Crippen LogP contribution is 2.36. The fourth-order valence-corrected chi connectivity index (χ4v) is 3.81. The van der Waals surface area contributed by atoms with E-state index < -0.39 is 0 Å². The van der Waals surface area contributed by atoms with E-state index in [1.807, 2.05) is 11.8 Å². The number of rotatable bonds is 4. The largest absolute Gasteiger partial charge is 0.305 e. The lowest BCUT2D eigenvalue weighted by molar-refractivity contribution is 0.296. The Hall–Kier alpha value is -0.470. The summed E-state index contributed by atoms with van der Waals surface area (Å²) in [6.07, 6.45) is 1.24. The maximum atomic E-state index is 2.47. The zero-order chi connectivity index (χ0) is 11.5. The first-order valence-electron chi connectivity index (χ1n) is 6.08. The van der Waals surface area contributed by atoms with Crippen molar-refractivity contribution in [3.05, 3.63) is 29.8 Å². The second-order valence-corrected chi connectivity index (χ2v) is 6.51. The summed E-state index contributed by atoms with van der Waals surface area (Å²) >= 11 is 2.05. The molecule has 1 aliphatic heterocycles. The van der Waals surface area contributed by atoms with Gasteiger partial charge in [0.1, 0.15) is 0 Å². The smallest absolute Gasteiger partial charge is 0.0263 e. The second-order valence-electron chi connectivity index (χ2n) is 5.17. The van der Waals surface area contributed by atoms with Crippen molar-refractivity contribution < 1.29 is 0 Å². The van der Waals surface area contributed by atoms with Crippen LogP contribution in [-0.4, -0.2) is 30.3 Å². The topological polar surface area (TPSA) is 3.24 Å². The number of hydrogen-bond acceptors (Lipinski definition) is 2. The van der Waals surface area contributed by atoms with Gasteiger partial charge in [-0.25, -0.2) is 0 Å². The SMILES string of the molecule is CC(C)CN(C)CC1Cc2ccccc2S1. The zero-order valence-electron chi connectivity index (χ0n) is 10.4. The van der Waals surface area contributed by atoms with Gasteiger partial charge in [0.2, 0.25) is 0 Å². The van der Waals surface area contributed by atoms with Gasteiger partial charge in [0.25, 0.3) is 0 Å². The van der Waals surface area contributed by atoms with Gasteiger partial charge in [-0.05, 0) is 31.0 Å². The fraction of sp³-hybridized carbons (Fsp3) is 0.571. The summed E-state index contributed by atoms with van der Waals surface area (Å²) in [5.74, 6) is 0.763. The molecule has 2 rings (SSSR count). The molecule has 0 fully saturated rings. The summed E-state index contributed by atoms with van der Waals surface area (Å²) in [6, 6.07) is 8.82. The van der Waals surface area contributed by atoms with Crippen molar-refractivity contribution in [3.8, 4) is 0 Å². The predicted octanol–water partition coefficient (Wildman–Crippen LogP) is 3.29. The third kappa shape index (κ3) is 3.02. The van der Waals surface area contributed by atoms with Crippen molar-refractivity contribution in [3.63, 3.8) is 0 Å². The zero-order valence-corrected chi connectivity index (χ0v) is 11.3. The number of fused-ring (bicyclic) bond motifs is 1. The molecule has 1 unspecified atom stereocenters. The molecule has 0 saturated carbocycles. The van der Waals surface area contributed by atoms with E-state index in [0.29, 0.717) is 0 Å². The van der Waals surface area contributed by atoms with Gasteiger partial charge in [-0.3, -0.25) is 0 Å². The molecule has 2 heteroatoms. The van der Waals surface area contributed by atoms with Crippen molar-refractivity contribution in [2.45, 2.75) is 30.4 Å². The summed E-state index contributed by atoms with van der Waals surface area (Å²) in [6.45, 7) is 6.98. The first kappa shape index (κ1) is 12.0. The molecule has 0 N–H and O–H groups in total. The van der Waals surface area contributed by atoms with Crippen molar-refractivity contribution in [2.75, 3.05) is 20.1 Å². The Bertz CT molecular complexity index is 323. The average Bonchev–Trinajstić information content (AvgIpc) is 2.57. The van der Waals surface area contributed by atoms with Gasteiger partial charge in [-0.2, -0.15) is 0 Å². The maximum absolute atomic E-state index is 2.47. The van der Waals surface area contributed by atoms with Gasteiger partial charge < -0.3 is 4.90 Å². The molecule has 0 spiro atoms. The van der Waals surface area contributed by atoms with Gasteiger partial charge in [0.05, 0.1) is 0 Å². The Kier molecular flexibility index (Phi) is 3.93. The minimum atomic E-state index is 0.751. The van der Waals surface area contributed by atoms with Crippen LogP contribution < -0.4 is 0 Å². The molecular formula is C14H21NS. The number of benzene rings is 1. The van der Waals surface area contributed by atoms with E-state index in [4.69, 9.17) is 0 Å². The highest BCUT2D eigenvalue weighted by atomic mass is 32.2. The van der Waals surface area contributed by atoms with Crippen LogP contribution in [0.1, 0.15) is 19.4 Å². The molecule has 0 aromatic heterocycles. The van der Waals surface area contributed by atoms with E-state index in [2.05, 4.69) is 50.1 Å². The predicted molar refractivity (Wildman–Crippen MR) is 72.1 cm³/mol. The van der Waals surface area contributed by atoms with Crippen LogP contribution in [-0.2, 0) is 6.42 Å². The third-order valence-corrected chi connectivity index (χ3v) is 4.21. The van der Waals surface area contributed by atoms with E-state index in [1.54, 1.807) is 0 Å². The standard InChI is InChI=1S/C14H21NS/c1-11(2)9-15(3)10-13-8-12-6-4-5-7-14(12)16-13/h4-7,11,13H,8-10H2,1-3H3. The Morgan fingerprint density at radius 2 is 2.12 bits per heavy atom. The molecule has 1 aliphatic rings. The first-order chi connectivity index (χ1) is 7.65. The normalized spacial score (nSPS) is 19.4. The van der Waals surface area contributed by atoms with Crippen molar-refractivity contribution >= 4 is 11.8 Å². The molecule has 0 aliphatic carbocycles. The molecule has 0 radical (unpaired) electrons. The van der Waals surface area contributed by atoms with E-state index in [0.717, 1.165) is 11.2 Å². The molecule has 1 nitrogen and oxygen atoms in total. The number of thioether (sulfide) groups is 1. The summed E-state index contributed by atoms with van der Waals surface area (Å²) in [4.78, 5) is 3.96. The van der Waals surface area contributed by atoms with Crippen LogP contribution in [0.4, 0.5) is 0 Å². The molecule has 88 valence electrons. The summed E-state index contributed by atoms with van der Waals surface area (Å²) in [7, 11) is 2.24. The van der Waals surface area contributed by atoms with Crippen LogP contribution in [0.15, 0.2) is 29.2 Å². The number of hydrogen-bond donors (Lipinski definition) is 0. The second kappa shape index (κ2) is 5.24. The van der Waals surface area contributed by atoms with E-state index >= 15 is 0 Å². The molecule has 0 saturated heterocycles. The van der Waals surface area contributed by atoms with Gasteiger partial charge in [0, 0.05) is 23.2 Å². The molecule has 0 bridgehead atoms. The minimum Gasteiger partial charge on any atom is -0.305 e. The van der Waals surface area contributed by atoms with Gasteiger partial charge in [-0.15, -0.1) is 11.8 Å². The van der Waals surface area contributed by atoms with Crippen LogP contribution in [0.5, 0.6) is 0 Å². The molecule has 16 heavy (non-hydrogen) atoms. The first-order valence-corrected chi connectivity index (χ1v) is 6.96. The molecule has 0 amide bonds. The summed E-state index contributed by atoms with van der Waals surface area (Å²) in [5, 5.41) is 0.751. The van der Waals surface area contributed by atoms with Crippen LogP contribution in [0.3, 0.4) is 0 Å². The summed E-state index contributed by atoms with van der Waals surface area (Å²) in [5.41, 5.74) is 1.54. The molecule has 1 atom stereocenters.